The average Bonchev–Trinajstić information content (AvgIpc) is 2.82. The molecule has 8 heteroatoms. The van der Waals surface area contributed by atoms with Crippen LogP contribution in [0.3, 0.4) is 0 Å². The van der Waals surface area contributed by atoms with Gasteiger partial charge in [0.2, 0.25) is 0 Å². The summed E-state index contributed by atoms with van der Waals surface area (Å²) < 4.78 is 10.6. The van der Waals surface area contributed by atoms with Crippen molar-refractivity contribution in [2.24, 2.45) is 5.16 Å². The van der Waals surface area contributed by atoms with Gasteiger partial charge in [0.15, 0.2) is 6.61 Å². The number of aromatic hydroxyl groups is 1. The van der Waals surface area contributed by atoms with Crippen molar-refractivity contribution in [1.29, 1.82) is 0 Å². The Kier molecular flexibility index (Phi) is 9.35. The Balaban J connectivity index is 1.83. The number of cyclic esters (lactones) is 1. The Bertz CT molecular complexity index is 916. The number of carbonyl (C=O) groups excluding carboxylic acids is 2. The number of piperidine rings is 1. The Morgan fingerprint density at radius 3 is 2.67 bits per heavy atom. The van der Waals surface area contributed by atoms with Crippen molar-refractivity contribution < 1.29 is 29.0 Å². The number of hydrogen-bond acceptors (Lipinski definition) is 7. The number of nitrogens with zero attached hydrogens (tertiary/aromatic N) is 2. The van der Waals surface area contributed by atoms with Crippen molar-refractivity contribution in [2.45, 2.75) is 44.9 Å². The Hall–Kier alpha value is -3.29. The van der Waals surface area contributed by atoms with Crippen LogP contribution >= 0.6 is 0 Å². The molecule has 0 radical (unpaired) electrons. The second-order valence-electron chi connectivity index (χ2n) is 8.03. The van der Waals surface area contributed by atoms with E-state index in [9.17, 15) is 14.7 Å². The highest BCUT2D eigenvalue weighted by molar-refractivity contribution is 6.00. The first-order valence-corrected chi connectivity index (χ1v) is 11.4. The molecule has 1 N–H and O–H groups in total. The third-order valence-electron chi connectivity index (χ3n) is 5.56. The minimum atomic E-state index is -0.611. The summed E-state index contributed by atoms with van der Waals surface area (Å²) in [6.45, 7) is 1.58. The molecule has 1 aromatic carbocycles. The summed E-state index contributed by atoms with van der Waals surface area (Å²) in [5.41, 5.74) is 1.09. The van der Waals surface area contributed by atoms with E-state index in [2.05, 4.69) is 5.16 Å². The second-order valence-corrected chi connectivity index (χ2v) is 8.03. The SMILES string of the molecule is COc1cc(O)c2c(c1)CC(=N/OCC(=O)N1CCCCC1)/C=C/CC/C=C/CCOC2=O. The van der Waals surface area contributed by atoms with Gasteiger partial charge < -0.3 is 24.3 Å². The van der Waals surface area contributed by atoms with Crippen LogP contribution < -0.4 is 4.74 Å². The van der Waals surface area contributed by atoms with Crippen molar-refractivity contribution in [3.63, 3.8) is 0 Å². The number of oxime groups is 1. The molecule has 0 bridgehead atoms. The van der Waals surface area contributed by atoms with Crippen LogP contribution in [0.1, 0.15) is 54.4 Å². The number of phenols is 1. The zero-order valence-corrected chi connectivity index (χ0v) is 19.1. The Morgan fingerprint density at radius 2 is 1.88 bits per heavy atom. The number of esters is 1. The molecule has 0 aromatic heterocycles. The number of hydrogen-bond donors (Lipinski definition) is 1. The van der Waals surface area contributed by atoms with Gasteiger partial charge in [0, 0.05) is 25.6 Å². The minimum absolute atomic E-state index is 0.0716. The summed E-state index contributed by atoms with van der Waals surface area (Å²) >= 11 is 0. The quantitative estimate of drug-likeness (QED) is 0.421. The summed E-state index contributed by atoms with van der Waals surface area (Å²) in [5.74, 6) is -0.508. The van der Waals surface area contributed by atoms with Gasteiger partial charge in [-0.15, -0.1) is 0 Å². The lowest BCUT2D eigenvalue weighted by molar-refractivity contribution is -0.137. The molecule has 3 rings (SSSR count). The number of rotatable bonds is 4. The molecule has 8 nitrogen and oxygen atoms in total. The summed E-state index contributed by atoms with van der Waals surface area (Å²) in [4.78, 5) is 32.3. The monoisotopic (exact) mass is 456 g/mol. The molecule has 1 aromatic rings. The lowest BCUT2D eigenvalue weighted by Crippen LogP contribution is -2.37. The first-order valence-electron chi connectivity index (χ1n) is 11.4. The van der Waals surface area contributed by atoms with Crippen LogP contribution in [0.2, 0.25) is 0 Å². The summed E-state index contributed by atoms with van der Waals surface area (Å²) in [6, 6.07) is 3.05. The van der Waals surface area contributed by atoms with Gasteiger partial charge in [-0.2, -0.15) is 0 Å². The summed E-state index contributed by atoms with van der Waals surface area (Å²) in [6.07, 6.45) is 13.4. The highest BCUT2D eigenvalue weighted by Crippen LogP contribution is 2.29. The molecule has 1 fully saturated rings. The van der Waals surface area contributed by atoms with Crippen LogP contribution in [0.5, 0.6) is 11.5 Å². The zero-order valence-electron chi connectivity index (χ0n) is 19.1. The minimum Gasteiger partial charge on any atom is -0.507 e. The molecule has 0 aliphatic carbocycles. The maximum absolute atomic E-state index is 12.7. The van der Waals surface area contributed by atoms with E-state index < -0.39 is 5.97 Å². The van der Waals surface area contributed by atoms with Gasteiger partial charge >= 0.3 is 5.97 Å². The number of amides is 1. The molecule has 33 heavy (non-hydrogen) atoms. The number of likely N-dealkylation sites (tertiary alicyclic amines) is 1. The molecule has 2 aliphatic heterocycles. The number of carbonyl (C=O) groups is 2. The first-order chi connectivity index (χ1) is 16.1. The van der Waals surface area contributed by atoms with E-state index in [-0.39, 0.29) is 36.9 Å². The van der Waals surface area contributed by atoms with Gasteiger partial charge in [0.05, 0.1) is 19.4 Å². The van der Waals surface area contributed by atoms with Gasteiger partial charge in [-0.05, 0) is 56.2 Å². The van der Waals surface area contributed by atoms with Crippen LogP contribution in [0.25, 0.3) is 0 Å². The number of phenolic OH excluding ortho intramolecular Hbond substituents is 1. The largest absolute Gasteiger partial charge is 0.507 e. The van der Waals surface area contributed by atoms with Crippen molar-refractivity contribution >= 4 is 17.6 Å². The average molecular weight is 457 g/mol. The van der Waals surface area contributed by atoms with Gasteiger partial charge in [0.25, 0.3) is 5.91 Å². The van der Waals surface area contributed by atoms with Gasteiger partial charge in [0.1, 0.15) is 17.1 Å². The predicted octanol–water partition coefficient (Wildman–Crippen LogP) is 3.78. The highest BCUT2D eigenvalue weighted by atomic mass is 16.6. The molecule has 1 amide bonds. The molecule has 0 saturated carbocycles. The smallest absolute Gasteiger partial charge is 0.342 e. The van der Waals surface area contributed by atoms with Crippen LogP contribution in [0.4, 0.5) is 0 Å². The lowest BCUT2D eigenvalue weighted by Gasteiger charge is -2.26. The maximum atomic E-state index is 12.7. The molecule has 1 saturated heterocycles. The fourth-order valence-electron chi connectivity index (χ4n) is 3.81. The van der Waals surface area contributed by atoms with E-state index in [1.54, 1.807) is 11.0 Å². The molecular formula is C25H32N2O6. The van der Waals surface area contributed by atoms with Crippen LogP contribution in [-0.4, -0.2) is 61.0 Å². The van der Waals surface area contributed by atoms with E-state index in [0.29, 0.717) is 23.4 Å². The Morgan fingerprint density at radius 1 is 1.12 bits per heavy atom. The normalized spacial score (nSPS) is 20.8. The number of benzene rings is 1. The summed E-state index contributed by atoms with van der Waals surface area (Å²) in [7, 11) is 1.49. The number of ether oxygens (including phenoxy) is 2. The van der Waals surface area contributed by atoms with Crippen LogP contribution in [-0.2, 0) is 20.8 Å². The number of allylic oxidation sites excluding steroid dienone is 3. The van der Waals surface area contributed by atoms with Crippen LogP contribution in [0.15, 0.2) is 41.6 Å². The van der Waals surface area contributed by atoms with E-state index in [0.717, 1.165) is 45.2 Å². The number of methoxy groups -OCH3 is 1. The molecule has 0 unspecified atom stereocenters. The molecule has 2 heterocycles. The fraction of sp³-hybridized carbons (Fsp3) is 0.480. The van der Waals surface area contributed by atoms with E-state index in [1.807, 2.05) is 24.3 Å². The zero-order chi connectivity index (χ0) is 23.5. The second kappa shape index (κ2) is 12.7. The first kappa shape index (κ1) is 24.4. The molecule has 0 spiro atoms. The van der Waals surface area contributed by atoms with Gasteiger partial charge in [-0.25, -0.2) is 4.79 Å². The molecule has 0 atom stereocenters. The van der Waals surface area contributed by atoms with E-state index >= 15 is 0 Å². The summed E-state index contributed by atoms with van der Waals surface area (Å²) in [5, 5.41) is 14.7. The van der Waals surface area contributed by atoms with Gasteiger partial charge in [-0.1, -0.05) is 23.4 Å². The van der Waals surface area contributed by atoms with Crippen molar-refractivity contribution in [3.05, 3.63) is 47.6 Å². The lowest BCUT2D eigenvalue weighted by atomic mass is 9.99. The molecule has 178 valence electrons. The number of fused-ring (bicyclic) bond motifs is 1. The fourth-order valence-corrected chi connectivity index (χ4v) is 3.81. The van der Waals surface area contributed by atoms with Crippen LogP contribution in [0, 0.1) is 0 Å². The van der Waals surface area contributed by atoms with E-state index in [4.69, 9.17) is 14.3 Å². The van der Waals surface area contributed by atoms with Crippen molar-refractivity contribution in [3.8, 4) is 11.5 Å². The third kappa shape index (κ3) is 7.37. The van der Waals surface area contributed by atoms with Crippen molar-refractivity contribution in [1.82, 2.24) is 4.90 Å². The third-order valence-corrected chi connectivity index (χ3v) is 5.56. The maximum Gasteiger partial charge on any atom is 0.342 e. The van der Waals surface area contributed by atoms with Crippen molar-refractivity contribution in [2.75, 3.05) is 33.4 Å². The Labute approximate surface area is 194 Å². The predicted molar refractivity (Wildman–Crippen MR) is 125 cm³/mol. The molecule has 2 aliphatic rings. The highest BCUT2D eigenvalue weighted by Gasteiger charge is 2.21. The van der Waals surface area contributed by atoms with Gasteiger partial charge in [-0.3, -0.25) is 4.79 Å². The molecular weight excluding hydrogens is 424 g/mol. The topological polar surface area (TPSA) is 97.7 Å². The standard InChI is InChI=1S/C25H32N2O6/c1-31-21-16-19-15-20(26-33-18-23(29)27-12-8-6-9-13-27)11-7-4-2-3-5-10-14-32-25(30)24(19)22(28)17-21/h3,5,7,11,16-17,28H,2,4,6,8-10,12-15,18H2,1H3/b5-3+,11-7+,26-20+. The van der Waals surface area contributed by atoms with E-state index in [1.165, 1.54) is 13.2 Å².